The molecule has 0 saturated carbocycles. The van der Waals surface area contributed by atoms with Crippen LogP contribution in [-0.2, 0) is 4.74 Å². The van der Waals surface area contributed by atoms with Crippen LogP contribution in [0.25, 0.3) is 0 Å². The van der Waals surface area contributed by atoms with Crippen LogP contribution in [0.3, 0.4) is 0 Å². The number of aryl methyl sites for hydroxylation is 1. The summed E-state index contributed by atoms with van der Waals surface area (Å²) < 4.78 is 19.4. The molecule has 1 nitrogen and oxygen atoms in total. The zero-order valence-electron chi connectivity index (χ0n) is 9.88. The largest absolute Gasteiger partial charge is 0.373 e. The molecule has 1 unspecified atom stereocenters. The van der Waals surface area contributed by atoms with Gasteiger partial charge < -0.3 is 4.74 Å². The predicted molar refractivity (Wildman–Crippen MR) is 60.3 cm³/mol. The molecule has 0 aliphatic heterocycles. The summed E-state index contributed by atoms with van der Waals surface area (Å²) in [5.41, 5.74) is 1.35. The minimum Gasteiger partial charge on any atom is -0.373 e. The number of rotatable bonds is 4. The van der Waals surface area contributed by atoms with E-state index in [-0.39, 0.29) is 17.8 Å². The first-order valence-electron chi connectivity index (χ1n) is 5.44. The van der Waals surface area contributed by atoms with E-state index in [1.54, 1.807) is 13.0 Å². The van der Waals surface area contributed by atoms with Gasteiger partial charge in [0.15, 0.2) is 0 Å². The van der Waals surface area contributed by atoms with E-state index in [9.17, 15) is 4.39 Å². The summed E-state index contributed by atoms with van der Waals surface area (Å²) in [5, 5.41) is 0. The van der Waals surface area contributed by atoms with E-state index in [0.717, 1.165) is 0 Å². The third-order valence-corrected chi connectivity index (χ3v) is 2.48. The van der Waals surface area contributed by atoms with Gasteiger partial charge in [-0.15, -0.1) is 0 Å². The van der Waals surface area contributed by atoms with Crippen LogP contribution in [0, 0.1) is 18.7 Å². The number of halogens is 1. The molecule has 0 spiro atoms. The summed E-state index contributed by atoms with van der Waals surface area (Å²) >= 11 is 0. The third-order valence-electron chi connectivity index (χ3n) is 2.48. The summed E-state index contributed by atoms with van der Waals surface area (Å²) in [6.07, 6.45) is -0.144. The van der Waals surface area contributed by atoms with Crippen molar-refractivity contribution in [3.63, 3.8) is 0 Å². The summed E-state index contributed by atoms with van der Waals surface area (Å²) in [4.78, 5) is 0. The third kappa shape index (κ3) is 2.78. The van der Waals surface area contributed by atoms with Crippen molar-refractivity contribution in [2.24, 2.45) is 5.92 Å². The Bertz CT molecular complexity index is 320. The molecule has 0 aromatic heterocycles. The van der Waals surface area contributed by atoms with Gasteiger partial charge in [-0.25, -0.2) is 4.39 Å². The van der Waals surface area contributed by atoms with Crippen molar-refractivity contribution in [3.8, 4) is 0 Å². The number of hydrogen-bond donors (Lipinski definition) is 0. The van der Waals surface area contributed by atoms with Gasteiger partial charge in [-0.3, -0.25) is 0 Å². The minimum absolute atomic E-state index is 0.135. The highest BCUT2D eigenvalue weighted by atomic mass is 19.1. The lowest BCUT2D eigenvalue weighted by atomic mass is 9.97. The van der Waals surface area contributed by atoms with Crippen molar-refractivity contribution in [1.82, 2.24) is 0 Å². The normalized spacial score (nSPS) is 13.2. The van der Waals surface area contributed by atoms with Crippen molar-refractivity contribution in [2.45, 2.75) is 33.8 Å². The zero-order valence-corrected chi connectivity index (χ0v) is 9.88. The Labute approximate surface area is 91.3 Å². The fraction of sp³-hybridized carbons (Fsp3) is 0.538. The van der Waals surface area contributed by atoms with Crippen LogP contribution >= 0.6 is 0 Å². The number of ether oxygens (including phenoxy) is 1. The lowest BCUT2D eigenvalue weighted by molar-refractivity contribution is 0.0269. The first-order chi connectivity index (χ1) is 7.07. The van der Waals surface area contributed by atoms with E-state index in [1.165, 1.54) is 0 Å². The van der Waals surface area contributed by atoms with Crippen LogP contribution in [0.1, 0.15) is 38.0 Å². The molecule has 0 fully saturated rings. The quantitative estimate of drug-likeness (QED) is 0.733. The maximum Gasteiger partial charge on any atom is 0.131 e. The standard InChI is InChI=1S/C13H19FO/c1-5-15-13(9(2)3)11-8-6-7-10(4)12(11)14/h6-9,13H,5H2,1-4H3. The molecule has 1 atom stereocenters. The highest BCUT2D eigenvalue weighted by Gasteiger charge is 2.20. The highest BCUT2D eigenvalue weighted by Crippen LogP contribution is 2.28. The SMILES string of the molecule is CCOC(c1cccc(C)c1F)C(C)C. The Morgan fingerprint density at radius 1 is 1.33 bits per heavy atom. The molecule has 1 aromatic carbocycles. The number of benzene rings is 1. The maximum absolute atomic E-state index is 13.9. The summed E-state index contributed by atoms with van der Waals surface area (Å²) in [7, 11) is 0. The van der Waals surface area contributed by atoms with Crippen molar-refractivity contribution in [3.05, 3.63) is 35.1 Å². The molecular formula is C13H19FO. The van der Waals surface area contributed by atoms with E-state index < -0.39 is 0 Å². The Kier molecular flexibility index (Phi) is 4.28. The van der Waals surface area contributed by atoms with E-state index in [2.05, 4.69) is 0 Å². The molecule has 0 heterocycles. The van der Waals surface area contributed by atoms with Crippen molar-refractivity contribution >= 4 is 0 Å². The molecule has 0 amide bonds. The van der Waals surface area contributed by atoms with Gasteiger partial charge in [-0.2, -0.15) is 0 Å². The molecular weight excluding hydrogens is 191 g/mol. The van der Waals surface area contributed by atoms with E-state index >= 15 is 0 Å². The Morgan fingerprint density at radius 2 is 2.00 bits per heavy atom. The van der Waals surface area contributed by atoms with Crippen LogP contribution in [-0.4, -0.2) is 6.61 Å². The van der Waals surface area contributed by atoms with Crippen LogP contribution in [0.15, 0.2) is 18.2 Å². The average molecular weight is 210 g/mol. The first kappa shape index (κ1) is 12.2. The van der Waals surface area contributed by atoms with Crippen molar-refractivity contribution in [1.29, 1.82) is 0 Å². The molecule has 0 saturated heterocycles. The second-order valence-electron chi connectivity index (χ2n) is 4.10. The molecule has 0 radical (unpaired) electrons. The number of hydrogen-bond acceptors (Lipinski definition) is 1. The molecule has 84 valence electrons. The van der Waals surface area contributed by atoms with E-state index in [0.29, 0.717) is 17.7 Å². The Morgan fingerprint density at radius 3 is 2.53 bits per heavy atom. The molecule has 0 bridgehead atoms. The van der Waals surface area contributed by atoms with Gasteiger partial charge >= 0.3 is 0 Å². The van der Waals surface area contributed by atoms with Gasteiger partial charge in [-0.1, -0.05) is 32.0 Å². The van der Waals surface area contributed by atoms with E-state index in [1.807, 2.05) is 32.9 Å². The highest BCUT2D eigenvalue weighted by molar-refractivity contribution is 5.27. The lowest BCUT2D eigenvalue weighted by Gasteiger charge is -2.22. The summed E-state index contributed by atoms with van der Waals surface area (Å²) in [6.45, 7) is 8.41. The van der Waals surface area contributed by atoms with E-state index in [4.69, 9.17) is 4.74 Å². The second-order valence-corrected chi connectivity index (χ2v) is 4.10. The van der Waals surface area contributed by atoms with Gasteiger partial charge in [0.25, 0.3) is 0 Å². The maximum atomic E-state index is 13.9. The molecule has 0 N–H and O–H groups in total. The van der Waals surface area contributed by atoms with Gasteiger partial charge in [0.05, 0.1) is 6.10 Å². The van der Waals surface area contributed by atoms with Crippen LogP contribution in [0.2, 0.25) is 0 Å². The Hall–Kier alpha value is -0.890. The molecule has 0 aliphatic rings. The minimum atomic E-state index is -0.144. The molecule has 0 aliphatic carbocycles. The first-order valence-corrected chi connectivity index (χ1v) is 5.44. The zero-order chi connectivity index (χ0) is 11.4. The topological polar surface area (TPSA) is 9.23 Å². The van der Waals surface area contributed by atoms with Crippen LogP contribution in [0.4, 0.5) is 4.39 Å². The Balaban J connectivity index is 3.05. The van der Waals surface area contributed by atoms with Crippen LogP contribution < -0.4 is 0 Å². The lowest BCUT2D eigenvalue weighted by Crippen LogP contribution is -2.13. The molecule has 1 rings (SSSR count). The fourth-order valence-electron chi connectivity index (χ4n) is 1.71. The smallest absolute Gasteiger partial charge is 0.131 e. The monoisotopic (exact) mass is 210 g/mol. The molecule has 2 heteroatoms. The molecule has 15 heavy (non-hydrogen) atoms. The van der Waals surface area contributed by atoms with Crippen molar-refractivity contribution in [2.75, 3.05) is 6.61 Å². The summed E-state index contributed by atoms with van der Waals surface area (Å²) in [6, 6.07) is 5.47. The fourth-order valence-corrected chi connectivity index (χ4v) is 1.71. The van der Waals surface area contributed by atoms with Gasteiger partial charge in [0.1, 0.15) is 5.82 Å². The molecule has 1 aromatic rings. The van der Waals surface area contributed by atoms with Crippen LogP contribution in [0.5, 0.6) is 0 Å². The average Bonchev–Trinajstić information content (AvgIpc) is 2.19. The van der Waals surface area contributed by atoms with Gasteiger partial charge in [-0.05, 0) is 25.3 Å². The van der Waals surface area contributed by atoms with Gasteiger partial charge in [0.2, 0.25) is 0 Å². The predicted octanol–water partition coefficient (Wildman–Crippen LogP) is 3.87. The second kappa shape index (κ2) is 5.26. The summed E-state index contributed by atoms with van der Waals surface area (Å²) in [5.74, 6) is 0.144. The van der Waals surface area contributed by atoms with Gasteiger partial charge in [0, 0.05) is 12.2 Å². The van der Waals surface area contributed by atoms with Crippen molar-refractivity contribution < 1.29 is 9.13 Å².